The van der Waals surface area contributed by atoms with Gasteiger partial charge >= 0.3 is 0 Å². The third-order valence-electron chi connectivity index (χ3n) is 1.62. The Balaban J connectivity index is 3.33. The van der Waals surface area contributed by atoms with Crippen LogP contribution in [0.3, 0.4) is 0 Å². The van der Waals surface area contributed by atoms with Gasteiger partial charge in [0.2, 0.25) is 4.34 Å². The van der Waals surface area contributed by atoms with Crippen molar-refractivity contribution in [2.24, 2.45) is 5.14 Å². The highest BCUT2D eigenvalue weighted by molar-refractivity contribution is 7.92. The Morgan fingerprint density at radius 3 is 2.36 bits per heavy atom. The highest BCUT2D eigenvalue weighted by Gasteiger charge is 2.25. The molecule has 0 aliphatic carbocycles. The van der Waals surface area contributed by atoms with E-state index >= 15 is 0 Å². The molecule has 80 valence electrons. The first-order valence-electron chi connectivity index (χ1n) is 3.89. The van der Waals surface area contributed by atoms with Crippen LogP contribution < -0.4 is 5.14 Å². The van der Waals surface area contributed by atoms with Crippen molar-refractivity contribution < 1.29 is 9.32 Å². The molecule has 0 radical (unpaired) electrons. The fraction of sp³-hybridized carbons (Fsp3) is 0.571. The van der Waals surface area contributed by atoms with E-state index in [2.05, 4.69) is 4.98 Å². The van der Waals surface area contributed by atoms with Crippen LogP contribution in [0.4, 0.5) is 0 Å². The van der Waals surface area contributed by atoms with Gasteiger partial charge in [-0.1, -0.05) is 0 Å². The predicted molar refractivity (Wildman–Crippen MR) is 55.4 cm³/mol. The molecule has 0 aromatic carbocycles. The molecular weight excluding hydrogens is 222 g/mol. The zero-order valence-corrected chi connectivity index (χ0v) is 9.83. The van der Waals surface area contributed by atoms with E-state index in [1.807, 2.05) is 0 Å². The van der Waals surface area contributed by atoms with Crippen molar-refractivity contribution in [3.8, 4) is 0 Å². The number of hydrogen-bond donors (Lipinski definition) is 3. The summed E-state index contributed by atoms with van der Waals surface area (Å²) in [5.74, 6) is 0. The van der Waals surface area contributed by atoms with Crippen LogP contribution in [0.2, 0.25) is 0 Å². The smallest absolute Gasteiger partial charge is 0.204 e. The van der Waals surface area contributed by atoms with Crippen molar-refractivity contribution in [3.05, 3.63) is 10.6 Å². The summed E-state index contributed by atoms with van der Waals surface area (Å²) in [6.45, 7) is 4.92. The van der Waals surface area contributed by atoms with E-state index in [-0.39, 0.29) is 4.34 Å². The summed E-state index contributed by atoms with van der Waals surface area (Å²) in [6.07, 6.45) is 0. The number of hydrogen-bond acceptors (Lipinski definition) is 5. The van der Waals surface area contributed by atoms with Crippen molar-refractivity contribution >= 4 is 21.3 Å². The zero-order chi connectivity index (χ0) is 11.1. The van der Waals surface area contributed by atoms with E-state index in [9.17, 15) is 9.32 Å². The van der Waals surface area contributed by atoms with Crippen LogP contribution in [-0.4, -0.2) is 14.3 Å². The van der Waals surface area contributed by atoms with Gasteiger partial charge in [0.25, 0.3) is 0 Å². The van der Waals surface area contributed by atoms with Crippen LogP contribution in [-0.2, 0) is 15.5 Å². The van der Waals surface area contributed by atoms with Gasteiger partial charge in [-0.05, 0) is 20.8 Å². The summed E-state index contributed by atoms with van der Waals surface area (Å²) >= 11 is 1.09. The Hall–Kier alpha value is -0.500. The average molecular weight is 235 g/mol. The van der Waals surface area contributed by atoms with Gasteiger partial charge < -0.3 is 5.11 Å². The summed E-state index contributed by atoms with van der Waals surface area (Å²) in [5, 5.41) is 14.8. The lowest BCUT2D eigenvalue weighted by Gasteiger charge is -2.14. The average Bonchev–Trinajstić information content (AvgIpc) is 2.27. The number of nitrogens with two attached hydrogens (primary N) is 1. The lowest BCUT2D eigenvalue weighted by molar-refractivity contribution is 0.0734. The number of thiazole rings is 1. The highest BCUT2D eigenvalue weighted by atomic mass is 32.2. The molecule has 7 heteroatoms. The van der Waals surface area contributed by atoms with E-state index in [0.717, 1.165) is 16.2 Å². The van der Waals surface area contributed by atoms with Gasteiger partial charge in [0.1, 0.15) is 5.60 Å². The maximum Gasteiger partial charge on any atom is 0.204 e. The van der Waals surface area contributed by atoms with Crippen LogP contribution in [0.15, 0.2) is 4.34 Å². The Morgan fingerprint density at radius 2 is 2.14 bits per heavy atom. The molecule has 1 aromatic rings. The standard InChI is InChI=1S/C7H13N3O2S2/c1-4-5(7(2,3)11)10-6(13-4)14(8,9)12/h11H,1-3H3,(H3,8,9,12). The van der Waals surface area contributed by atoms with E-state index in [4.69, 9.17) is 9.92 Å². The lowest BCUT2D eigenvalue weighted by Crippen LogP contribution is -2.18. The molecule has 4 N–H and O–H groups in total. The minimum Gasteiger partial charge on any atom is -0.384 e. The second kappa shape index (κ2) is 3.27. The lowest BCUT2D eigenvalue weighted by atomic mass is 10.1. The second-order valence-corrected chi connectivity index (χ2v) is 6.59. The number of aromatic nitrogens is 1. The summed E-state index contributed by atoms with van der Waals surface area (Å²) in [5.41, 5.74) is -0.660. The van der Waals surface area contributed by atoms with Crippen LogP contribution >= 0.6 is 11.3 Å². The van der Waals surface area contributed by atoms with Gasteiger partial charge in [-0.3, -0.25) is 0 Å². The normalized spacial score (nSPS) is 16.6. The molecular formula is C7H13N3O2S2. The van der Waals surface area contributed by atoms with Crippen molar-refractivity contribution in [1.29, 1.82) is 4.78 Å². The van der Waals surface area contributed by atoms with Crippen LogP contribution in [0.5, 0.6) is 0 Å². The van der Waals surface area contributed by atoms with Gasteiger partial charge in [0.15, 0.2) is 9.92 Å². The zero-order valence-electron chi connectivity index (χ0n) is 8.20. The molecule has 5 nitrogen and oxygen atoms in total. The predicted octanol–water partition coefficient (Wildman–Crippen LogP) is 0.958. The summed E-state index contributed by atoms with van der Waals surface area (Å²) in [6, 6.07) is 0. The Kier molecular flexibility index (Phi) is 2.70. The maximum atomic E-state index is 11.2. The number of nitrogens with one attached hydrogen (secondary N) is 1. The number of aryl methyl sites for hydroxylation is 1. The first-order chi connectivity index (χ1) is 6.12. The molecule has 0 aliphatic rings. The largest absolute Gasteiger partial charge is 0.384 e. The Bertz CT molecular complexity index is 442. The quantitative estimate of drug-likeness (QED) is 0.711. The minimum absolute atomic E-state index is 0.0622. The monoisotopic (exact) mass is 235 g/mol. The molecule has 1 aromatic heterocycles. The molecule has 1 unspecified atom stereocenters. The minimum atomic E-state index is -3.27. The van der Waals surface area contributed by atoms with E-state index in [1.165, 1.54) is 0 Å². The van der Waals surface area contributed by atoms with E-state index in [0.29, 0.717) is 5.69 Å². The fourth-order valence-corrected chi connectivity index (χ4v) is 2.96. The maximum absolute atomic E-state index is 11.2. The first-order valence-corrected chi connectivity index (χ1v) is 6.33. The third-order valence-corrected chi connectivity index (χ3v) is 3.98. The molecule has 14 heavy (non-hydrogen) atoms. The highest BCUT2D eigenvalue weighted by Crippen LogP contribution is 2.28. The molecule has 0 amide bonds. The summed E-state index contributed by atoms with van der Waals surface area (Å²) < 4.78 is 18.4. The van der Waals surface area contributed by atoms with Crippen LogP contribution in [0, 0.1) is 11.7 Å². The fourth-order valence-electron chi connectivity index (χ4n) is 1.07. The Morgan fingerprint density at radius 1 is 1.64 bits per heavy atom. The van der Waals surface area contributed by atoms with Crippen molar-refractivity contribution in [2.75, 3.05) is 0 Å². The van der Waals surface area contributed by atoms with Crippen molar-refractivity contribution in [3.63, 3.8) is 0 Å². The van der Waals surface area contributed by atoms with Crippen molar-refractivity contribution in [2.45, 2.75) is 30.7 Å². The molecule has 0 saturated heterocycles. The molecule has 1 heterocycles. The molecule has 0 fully saturated rings. The van der Waals surface area contributed by atoms with Crippen LogP contribution in [0.25, 0.3) is 0 Å². The second-order valence-electron chi connectivity index (χ2n) is 3.54. The first kappa shape index (κ1) is 11.6. The van der Waals surface area contributed by atoms with E-state index < -0.39 is 15.5 Å². The van der Waals surface area contributed by atoms with Gasteiger partial charge in [0, 0.05) is 4.88 Å². The number of aliphatic hydroxyl groups is 1. The summed E-state index contributed by atoms with van der Waals surface area (Å²) in [4.78, 5) is 4.67. The molecule has 1 rings (SSSR count). The summed E-state index contributed by atoms with van der Waals surface area (Å²) in [7, 11) is -3.27. The van der Waals surface area contributed by atoms with Gasteiger partial charge in [-0.2, -0.15) is 0 Å². The van der Waals surface area contributed by atoms with Crippen LogP contribution in [0.1, 0.15) is 24.4 Å². The number of rotatable bonds is 2. The van der Waals surface area contributed by atoms with Gasteiger partial charge in [-0.25, -0.2) is 19.1 Å². The topological polar surface area (TPSA) is 100 Å². The van der Waals surface area contributed by atoms with Gasteiger partial charge in [0.05, 0.1) is 5.69 Å². The molecule has 1 atom stereocenters. The Labute approximate surface area is 87.1 Å². The molecule has 0 aliphatic heterocycles. The van der Waals surface area contributed by atoms with Crippen molar-refractivity contribution in [1.82, 2.24) is 4.98 Å². The number of nitrogens with zero attached hydrogens (tertiary/aromatic N) is 1. The van der Waals surface area contributed by atoms with E-state index in [1.54, 1.807) is 20.8 Å². The third kappa shape index (κ3) is 2.30. The van der Waals surface area contributed by atoms with Gasteiger partial charge in [-0.15, -0.1) is 11.3 Å². The molecule has 0 bridgehead atoms. The molecule has 0 saturated carbocycles. The molecule has 0 spiro atoms. The SMILES string of the molecule is Cc1sc(S(=N)(N)=O)nc1C(C)(C)O.